The van der Waals surface area contributed by atoms with Crippen LogP contribution in [0.1, 0.15) is 32.3 Å². The van der Waals surface area contributed by atoms with Gasteiger partial charge < -0.3 is 15.4 Å². The lowest BCUT2D eigenvalue weighted by Gasteiger charge is -2.27. The minimum absolute atomic E-state index is 0.115. The number of amides is 1. The summed E-state index contributed by atoms with van der Waals surface area (Å²) < 4.78 is 5.39. The van der Waals surface area contributed by atoms with Crippen molar-refractivity contribution in [3.8, 4) is 5.75 Å². The van der Waals surface area contributed by atoms with Gasteiger partial charge in [-0.25, -0.2) is 0 Å². The summed E-state index contributed by atoms with van der Waals surface area (Å²) in [5.41, 5.74) is 0.626. The molecule has 2 N–H and O–H groups in total. The van der Waals surface area contributed by atoms with Crippen LogP contribution < -0.4 is 15.4 Å². The maximum Gasteiger partial charge on any atom is 0.226 e. The number of ether oxygens (including phenoxy) is 1. The zero-order valence-electron chi connectivity index (χ0n) is 13.9. The molecule has 4 heteroatoms. The highest BCUT2D eigenvalue weighted by Gasteiger charge is 2.29. The molecule has 1 saturated heterocycles. The van der Waals surface area contributed by atoms with Gasteiger partial charge in [0.05, 0.1) is 7.11 Å². The molecule has 1 aliphatic rings. The quantitative estimate of drug-likeness (QED) is 0.848. The van der Waals surface area contributed by atoms with E-state index in [4.69, 9.17) is 4.74 Å². The Labute approximate surface area is 133 Å². The van der Waals surface area contributed by atoms with Gasteiger partial charge in [-0.2, -0.15) is 0 Å². The summed E-state index contributed by atoms with van der Waals surface area (Å²) in [7, 11) is 1.67. The van der Waals surface area contributed by atoms with Crippen LogP contribution in [0.5, 0.6) is 5.75 Å². The molecule has 1 aromatic carbocycles. The van der Waals surface area contributed by atoms with Crippen molar-refractivity contribution in [2.24, 2.45) is 11.3 Å². The highest BCUT2D eigenvalue weighted by atomic mass is 16.5. The number of piperidine rings is 1. The number of carbonyl (C=O) groups excluding carboxylic acids is 1. The van der Waals surface area contributed by atoms with E-state index in [2.05, 4.69) is 10.6 Å². The predicted octanol–water partition coefficient (Wildman–Crippen LogP) is 2.38. The Bertz CT molecular complexity index is 494. The van der Waals surface area contributed by atoms with Crippen molar-refractivity contribution in [2.45, 2.75) is 33.1 Å². The number of rotatable bonds is 6. The molecule has 1 unspecified atom stereocenters. The van der Waals surface area contributed by atoms with Crippen molar-refractivity contribution in [3.63, 3.8) is 0 Å². The van der Waals surface area contributed by atoms with Crippen molar-refractivity contribution >= 4 is 5.91 Å². The monoisotopic (exact) mass is 304 g/mol. The van der Waals surface area contributed by atoms with Gasteiger partial charge >= 0.3 is 0 Å². The second-order valence-corrected chi connectivity index (χ2v) is 6.79. The van der Waals surface area contributed by atoms with E-state index in [-0.39, 0.29) is 5.91 Å². The minimum atomic E-state index is -0.448. The highest BCUT2D eigenvalue weighted by molar-refractivity contribution is 5.82. The molecular weight excluding hydrogens is 276 g/mol. The number of benzene rings is 1. The van der Waals surface area contributed by atoms with E-state index in [9.17, 15) is 4.79 Å². The average molecular weight is 304 g/mol. The van der Waals surface area contributed by atoms with Crippen LogP contribution in [0, 0.1) is 11.3 Å². The van der Waals surface area contributed by atoms with E-state index >= 15 is 0 Å². The summed E-state index contributed by atoms with van der Waals surface area (Å²) in [6.07, 6.45) is 3.07. The topological polar surface area (TPSA) is 50.4 Å². The van der Waals surface area contributed by atoms with E-state index < -0.39 is 5.41 Å². The van der Waals surface area contributed by atoms with Crippen LogP contribution >= 0.6 is 0 Å². The smallest absolute Gasteiger partial charge is 0.226 e. The maximum absolute atomic E-state index is 12.5. The van der Waals surface area contributed by atoms with Gasteiger partial charge in [0.15, 0.2) is 0 Å². The van der Waals surface area contributed by atoms with Crippen molar-refractivity contribution in [2.75, 3.05) is 26.7 Å². The molecule has 0 saturated carbocycles. The van der Waals surface area contributed by atoms with Crippen molar-refractivity contribution in [3.05, 3.63) is 29.8 Å². The number of nitrogens with one attached hydrogen (secondary N) is 2. The van der Waals surface area contributed by atoms with Gasteiger partial charge in [-0.15, -0.1) is 0 Å². The minimum Gasteiger partial charge on any atom is -0.496 e. The summed E-state index contributed by atoms with van der Waals surface area (Å²) in [5, 5.41) is 6.52. The lowest BCUT2D eigenvalue weighted by molar-refractivity contribution is -0.129. The van der Waals surface area contributed by atoms with Crippen LogP contribution in [0.4, 0.5) is 0 Å². The molecule has 1 fully saturated rings. The van der Waals surface area contributed by atoms with E-state index in [0.29, 0.717) is 12.3 Å². The van der Waals surface area contributed by atoms with E-state index in [1.165, 1.54) is 12.8 Å². The molecule has 22 heavy (non-hydrogen) atoms. The Morgan fingerprint density at radius 3 is 2.86 bits per heavy atom. The molecular formula is C18H28N2O2. The first kappa shape index (κ1) is 16.8. The molecule has 1 heterocycles. The van der Waals surface area contributed by atoms with Gasteiger partial charge in [0.1, 0.15) is 5.75 Å². The number of hydrogen-bond donors (Lipinski definition) is 2. The van der Waals surface area contributed by atoms with Gasteiger partial charge in [-0.05, 0) is 49.9 Å². The molecule has 122 valence electrons. The standard InChI is InChI=1S/C18H28N2O2/c1-18(2,11-15-8-4-5-9-16(15)22-3)17(21)20-13-14-7-6-10-19-12-14/h4-5,8-9,14,19H,6-7,10-13H2,1-3H3,(H,20,21). The molecule has 4 nitrogen and oxygen atoms in total. The maximum atomic E-state index is 12.5. The summed E-state index contributed by atoms with van der Waals surface area (Å²) >= 11 is 0. The van der Waals surface area contributed by atoms with Crippen LogP contribution in [0.25, 0.3) is 0 Å². The van der Waals surface area contributed by atoms with Crippen LogP contribution in [0.3, 0.4) is 0 Å². The Hall–Kier alpha value is -1.55. The van der Waals surface area contributed by atoms with Crippen LogP contribution in [0.2, 0.25) is 0 Å². The van der Waals surface area contributed by atoms with Gasteiger partial charge in [0, 0.05) is 12.0 Å². The zero-order chi connectivity index (χ0) is 16.0. The fourth-order valence-electron chi connectivity index (χ4n) is 2.98. The predicted molar refractivity (Wildman–Crippen MR) is 89.1 cm³/mol. The largest absolute Gasteiger partial charge is 0.496 e. The third-order valence-electron chi connectivity index (χ3n) is 4.39. The third kappa shape index (κ3) is 4.47. The Balaban J connectivity index is 1.92. The molecule has 0 radical (unpaired) electrons. The van der Waals surface area contributed by atoms with Crippen LogP contribution in [-0.4, -0.2) is 32.7 Å². The van der Waals surface area contributed by atoms with Crippen LogP contribution in [0.15, 0.2) is 24.3 Å². The molecule has 1 atom stereocenters. The summed E-state index contributed by atoms with van der Waals surface area (Å²) in [5.74, 6) is 1.52. The Kier molecular flexibility index (Phi) is 5.83. The molecule has 1 aliphatic heterocycles. The highest BCUT2D eigenvalue weighted by Crippen LogP contribution is 2.28. The Morgan fingerprint density at radius 2 is 2.18 bits per heavy atom. The molecule has 2 rings (SSSR count). The SMILES string of the molecule is COc1ccccc1CC(C)(C)C(=O)NCC1CCCNC1. The fraction of sp³-hybridized carbons (Fsp3) is 0.611. The molecule has 1 amide bonds. The second-order valence-electron chi connectivity index (χ2n) is 6.79. The van der Waals surface area contributed by atoms with E-state index in [1.807, 2.05) is 38.1 Å². The molecule has 0 aliphatic carbocycles. The first-order valence-electron chi connectivity index (χ1n) is 8.14. The normalized spacial score (nSPS) is 18.8. The zero-order valence-corrected chi connectivity index (χ0v) is 13.9. The first-order valence-corrected chi connectivity index (χ1v) is 8.14. The van der Waals surface area contributed by atoms with Gasteiger partial charge in [0.25, 0.3) is 0 Å². The van der Waals surface area contributed by atoms with Crippen molar-refractivity contribution < 1.29 is 9.53 Å². The summed E-state index contributed by atoms with van der Waals surface area (Å²) in [6, 6.07) is 7.90. The number of methoxy groups -OCH3 is 1. The number of hydrogen-bond acceptors (Lipinski definition) is 3. The second kappa shape index (κ2) is 7.63. The van der Waals surface area contributed by atoms with Gasteiger partial charge in [-0.3, -0.25) is 4.79 Å². The number of carbonyl (C=O) groups is 1. The summed E-state index contributed by atoms with van der Waals surface area (Å²) in [4.78, 5) is 12.5. The fourth-order valence-corrected chi connectivity index (χ4v) is 2.98. The lowest BCUT2D eigenvalue weighted by Crippen LogP contribution is -2.43. The van der Waals surface area contributed by atoms with Gasteiger partial charge in [0.2, 0.25) is 5.91 Å². The third-order valence-corrected chi connectivity index (χ3v) is 4.39. The first-order chi connectivity index (χ1) is 10.5. The van der Waals surface area contributed by atoms with Crippen molar-refractivity contribution in [1.29, 1.82) is 0 Å². The van der Waals surface area contributed by atoms with Gasteiger partial charge in [-0.1, -0.05) is 32.0 Å². The Morgan fingerprint density at radius 1 is 1.41 bits per heavy atom. The van der Waals surface area contributed by atoms with Crippen LogP contribution in [-0.2, 0) is 11.2 Å². The molecule has 0 aromatic heterocycles. The van der Waals surface area contributed by atoms with Crippen molar-refractivity contribution in [1.82, 2.24) is 10.6 Å². The molecule has 0 spiro atoms. The molecule has 1 aromatic rings. The van der Waals surface area contributed by atoms with E-state index in [1.54, 1.807) is 7.11 Å². The molecule has 0 bridgehead atoms. The summed E-state index contributed by atoms with van der Waals surface area (Å²) in [6.45, 7) is 6.86. The lowest BCUT2D eigenvalue weighted by atomic mass is 9.84. The average Bonchev–Trinajstić information content (AvgIpc) is 2.53. The van der Waals surface area contributed by atoms with E-state index in [0.717, 1.165) is 30.9 Å². The number of para-hydroxylation sites is 1.